The van der Waals surface area contributed by atoms with Crippen LogP contribution in [0, 0.1) is 6.92 Å². The summed E-state index contributed by atoms with van der Waals surface area (Å²) in [6.07, 6.45) is 1.22. The number of hydrogen-bond acceptors (Lipinski definition) is 3. The molecule has 0 saturated carbocycles. The highest BCUT2D eigenvalue weighted by Crippen LogP contribution is 2.31. The molecule has 0 fully saturated rings. The number of methoxy groups -OCH3 is 1. The van der Waals surface area contributed by atoms with E-state index in [1.165, 1.54) is 7.11 Å². The van der Waals surface area contributed by atoms with Crippen molar-refractivity contribution < 1.29 is 14.3 Å². The van der Waals surface area contributed by atoms with Gasteiger partial charge in [-0.25, -0.2) is 0 Å². The second-order valence-corrected chi connectivity index (χ2v) is 3.16. The van der Waals surface area contributed by atoms with Gasteiger partial charge in [-0.1, -0.05) is 11.6 Å². The van der Waals surface area contributed by atoms with E-state index in [4.69, 9.17) is 16.3 Å². The van der Waals surface area contributed by atoms with Crippen molar-refractivity contribution in [2.75, 3.05) is 7.11 Å². The first kappa shape index (κ1) is 10.7. The minimum absolute atomic E-state index is 0.219. The van der Waals surface area contributed by atoms with Crippen LogP contribution >= 0.6 is 11.6 Å². The minimum Gasteiger partial charge on any atom is -0.495 e. The van der Waals surface area contributed by atoms with E-state index in [1.807, 2.05) is 0 Å². The third-order valence-corrected chi connectivity index (χ3v) is 2.41. The molecular formula is C10H9ClO3. The standard InChI is InChI=1S/C10H9ClO3/c1-6-3-7(4-12)10(14-2)8(5-13)9(6)11/h3-5H,1-2H3. The van der Waals surface area contributed by atoms with Gasteiger partial charge in [-0.15, -0.1) is 0 Å². The number of aldehydes is 2. The molecule has 0 amide bonds. The maximum Gasteiger partial charge on any atom is 0.155 e. The average molecular weight is 213 g/mol. The van der Waals surface area contributed by atoms with Crippen LogP contribution in [-0.4, -0.2) is 19.7 Å². The first-order valence-electron chi connectivity index (χ1n) is 3.93. The van der Waals surface area contributed by atoms with Gasteiger partial charge in [0.2, 0.25) is 0 Å². The van der Waals surface area contributed by atoms with Gasteiger partial charge in [0.15, 0.2) is 12.6 Å². The zero-order valence-corrected chi connectivity index (χ0v) is 8.59. The van der Waals surface area contributed by atoms with Gasteiger partial charge in [-0.2, -0.15) is 0 Å². The van der Waals surface area contributed by atoms with Crippen LogP contribution in [0.5, 0.6) is 5.75 Å². The maximum absolute atomic E-state index is 10.7. The van der Waals surface area contributed by atoms with Crippen molar-refractivity contribution in [2.24, 2.45) is 0 Å². The van der Waals surface area contributed by atoms with E-state index in [9.17, 15) is 9.59 Å². The molecule has 74 valence electrons. The smallest absolute Gasteiger partial charge is 0.155 e. The van der Waals surface area contributed by atoms with Crippen molar-refractivity contribution in [3.05, 3.63) is 27.8 Å². The summed E-state index contributed by atoms with van der Waals surface area (Å²) >= 11 is 5.88. The van der Waals surface area contributed by atoms with Crippen LogP contribution in [0.2, 0.25) is 5.02 Å². The van der Waals surface area contributed by atoms with Gasteiger partial charge in [-0.3, -0.25) is 9.59 Å². The highest BCUT2D eigenvalue weighted by atomic mass is 35.5. The predicted molar refractivity (Wildman–Crippen MR) is 53.5 cm³/mol. The van der Waals surface area contributed by atoms with Gasteiger partial charge in [0, 0.05) is 0 Å². The number of carbonyl (C=O) groups excluding carboxylic acids is 2. The Kier molecular flexibility index (Phi) is 3.25. The van der Waals surface area contributed by atoms with Gasteiger partial charge in [-0.05, 0) is 18.6 Å². The number of ether oxygens (including phenoxy) is 1. The van der Waals surface area contributed by atoms with Gasteiger partial charge in [0.25, 0.3) is 0 Å². The Balaban J connectivity index is 3.57. The second kappa shape index (κ2) is 4.24. The van der Waals surface area contributed by atoms with E-state index < -0.39 is 0 Å². The zero-order valence-electron chi connectivity index (χ0n) is 7.83. The molecule has 0 saturated heterocycles. The van der Waals surface area contributed by atoms with Crippen LogP contribution in [0.15, 0.2) is 6.07 Å². The highest BCUT2D eigenvalue weighted by molar-refractivity contribution is 6.34. The second-order valence-electron chi connectivity index (χ2n) is 2.78. The van der Waals surface area contributed by atoms with Crippen LogP contribution in [0.3, 0.4) is 0 Å². The third-order valence-electron chi connectivity index (χ3n) is 1.91. The Labute approximate surface area is 86.6 Å². The molecule has 0 N–H and O–H groups in total. The zero-order chi connectivity index (χ0) is 10.7. The number of halogens is 1. The average Bonchev–Trinajstić information content (AvgIpc) is 2.20. The van der Waals surface area contributed by atoms with Gasteiger partial charge < -0.3 is 4.74 Å². The molecule has 0 bridgehead atoms. The first-order chi connectivity index (χ1) is 6.65. The quantitative estimate of drug-likeness (QED) is 0.722. The lowest BCUT2D eigenvalue weighted by Crippen LogP contribution is -1.98. The predicted octanol–water partition coefficient (Wildman–Crippen LogP) is 2.28. The highest BCUT2D eigenvalue weighted by Gasteiger charge is 2.14. The monoisotopic (exact) mass is 212 g/mol. The van der Waals surface area contributed by atoms with E-state index in [0.29, 0.717) is 28.7 Å². The SMILES string of the molecule is COc1c(C=O)cc(C)c(Cl)c1C=O. The Morgan fingerprint density at radius 3 is 2.43 bits per heavy atom. The Bertz CT molecular complexity index is 385. The lowest BCUT2D eigenvalue weighted by molar-refractivity contribution is 0.111. The fourth-order valence-electron chi connectivity index (χ4n) is 1.25. The van der Waals surface area contributed by atoms with Gasteiger partial charge in [0.1, 0.15) is 5.75 Å². The van der Waals surface area contributed by atoms with Crippen molar-refractivity contribution in [3.8, 4) is 5.75 Å². The normalized spacial score (nSPS) is 9.64. The molecule has 0 heterocycles. The van der Waals surface area contributed by atoms with Crippen LogP contribution in [0.4, 0.5) is 0 Å². The molecule has 1 rings (SSSR count). The van der Waals surface area contributed by atoms with Crippen molar-refractivity contribution >= 4 is 24.2 Å². The lowest BCUT2D eigenvalue weighted by atomic mass is 10.1. The number of benzene rings is 1. The summed E-state index contributed by atoms with van der Waals surface area (Å²) < 4.78 is 4.95. The molecule has 1 aromatic carbocycles. The summed E-state index contributed by atoms with van der Waals surface area (Å²) in [6.45, 7) is 1.72. The number of aryl methyl sites for hydroxylation is 1. The Morgan fingerprint density at radius 2 is 2.00 bits per heavy atom. The summed E-state index contributed by atoms with van der Waals surface area (Å²) in [5.41, 5.74) is 1.23. The largest absolute Gasteiger partial charge is 0.495 e. The molecule has 3 nitrogen and oxygen atoms in total. The van der Waals surface area contributed by atoms with Crippen LogP contribution in [-0.2, 0) is 0 Å². The van der Waals surface area contributed by atoms with Crippen molar-refractivity contribution in [2.45, 2.75) is 6.92 Å². The van der Waals surface area contributed by atoms with Crippen LogP contribution in [0.1, 0.15) is 26.3 Å². The van der Waals surface area contributed by atoms with E-state index >= 15 is 0 Å². The van der Waals surface area contributed by atoms with Crippen molar-refractivity contribution in [3.63, 3.8) is 0 Å². The molecular weight excluding hydrogens is 204 g/mol. The fourth-order valence-corrected chi connectivity index (χ4v) is 1.44. The summed E-state index contributed by atoms with van der Waals surface area (Å²) in [4.78, 5) is 21.4. The van der Waals surface area contributed by atoms with Crippen LogP contribution in [0.25, 0.3) is 0 Å². The first-order valence-corrected chi connectivity index (χ1v) is 4.31. The molecule has 0 atom stereocenters. The lowest BCUT2D eigenvalue weighted by Gasteiger charge is -2.10. The summed E-state index contributed by atoms with van der Waals surface area (Å²) in [5, 5.41) is 0.322. The third kappa shape index (κ3) is 1.63. The van der Waals surface area contributed by atoms with E-state index in [0.717, 1.165) is 0 Å². The minimum atomic E-state index is 0.219. The number of carbonyl (C=O) groups is 2. The molecule has 0 aliphatic rings. The molecule has 0 aliphatic carbocycles. The molecule has 0 aromatic heterocycles. The van der Waals surface area contributed by atoms with E-state index in [1.54, 1.807) is 13.0 Å². The molecule has 0 unspecified atom stereocenters. The Morgan fingerprint density at radius 1 is 1.36 bits per heavy atom. The summed E-state index contributed by atoms with van der Waals surface area (Å²) in [5.74, 6) is 0.227. The summed E-state index contributed by atoms with van der Waals surface area (Å²) in [6, 6.07) is 1.58. The number of rotatable bonds is 3. The van der Waals surface area contributed by atoms with Gasteiger partial charge in [0.05, 0.1) is 23.3 Å². The van der Waals surface area contributed by atoms with Crippen LogP contribution < -0.4 is 4.74 Å². The molecule has 1 aromatic rings. The van der Waals surface area contributed by atoms with E-state index in [2.05, 4.69) is 0 Å². The molecule has 14 heavy (non-hydrogen) atoms. The maximum atomic E-state index is 10.7. The Hall–Kier alpha value is -1.35. The molecule has 0 radical (unpaired) electrons. The summed E-state index contributed by atoms with van der Waals surface area (Å²) in [7, 11) is 1.39. The molecule has 4 heteroatoms. The molecule has 0 aliphatic heterocycles. The van der Waals surface area contributed by atoms with Crippen molar-refractivity contribution in [1.29, 1.82) is 0 Å². The van der Waals surface area contributed by atoms with E-state index in [-0.39, 0.29) is 11.3 Å². The number of hydrogen-bond donors (Lipinski definition) is 0. The topological polar surface area (TPSA) is 43.4 Å². The van der Waals surface area contributed by atoms with Crippen molar-refractivity contribution in [1.82, 2.24) is 0 Å². The van der Waals surface area contributed by atoms with Gasteiger partial charge >= 0.3 is 0 Å². The molecule has 0 spiro atoms. The fraction of sp³-hybridized carbons (Fsp3) is 0.200.